The number of carbonyl (C=O) groups is 2. The second-order valence-electron chi connectivity index (χ2n) is 8.97. The third-order valence-corrected chi connectivity index (χ3v) is 6.43. The minimum atomic E-state index is -1.17. The minimum absolute atomic E-state index is 0.0194. The van der Waals surface area contributed by atoms with Crippen LogP contribution in [0.4, 0.5) is 0 Å². The molecule has 1 unspecified atom stereocenters. The number of aryl methyl sites for hydroxylation is 1. The van der Waals surface area contributed by atoms with Crippen LogP contribution in [0.2, 0.25) is 0 Å². The fraction of sp³-hybridized carbons (Fsp3) is 0.704. The van der Waals surface area contributed by atoms with Crippen molar-refractivity contribution in [2.45, 2.75) is 123 Å². The molecule has 0 radical (unpaired) electrons. The van der Waals surface area contributed by atoms with E-state index in [-0.39, 0.29) is 17.0 Å². The normalized spacial score (nSPS) is 12.1. The lowest BCUT2D eigenvalue weighted by atomic mass is 9.84. The van der Waals surface area contributed by atoms with Crippen LogP contribution in [0, 0.1) is 0 Å². The Hall–Kier alpha value is -1.84. The molecule has 0 amide bonds. The Balaban J connectivity index is 2.43. The first kappa shape index (κ1) is 27.2. The summed E-state index contributed by atoms with van der Waals surface area (Å²) in [5.74, 6) is -2.28. The Labute approximate surface area is 189 Å². The van der Waals surface area contributed by atoms with Gasteiger partial charge in [0.2, 0.25) is 0 Å². The first-order valence-corrected chi connectivity index (χ1v) is 12.6. The molecule has 0 aliphatic carbocycles. The van der Waals surface area contributed by atoms with Crippen LogP contribution in [0.1, 0.15) is 148 Å². The molecule has 0 heterocycles. The summed E-state index contributed by atoms with van der Waals surface area (Å²) in [6, 6.07) is 3.30. The number of rotatable bonds is 18. The third-order valence-electron chi connectivity index (χ3n) is 6.43. The summed E-state index contributed by atoms with van der Waals surface area (Å²) in [5.41, 5.74) is 1.60. The Morgan fingerprint density at radius 2 is 1.23 bits per heavy atom. The molecule has 1 rings (SSSR count). The van der Waals surface area contributed by atoms with Gasteiger partial charge in [0.15, 0.2) is 0 Å². The lowest BCUT2D eigenvalue weighted by Gasteiger charge is -2.19. The predicted octanol–water partition coefficient (Wildman–Crippen LogP) is 8.23. The van der Waals surface area contributed by atoms with E-state index in [1.807, 2.05) is 19.9 Å². The molecule has 0 spiro atoms. The van der Waals surface area contributed by atoms with E-state index < -0.39 is 11.9 Å². The van der Waals surface area contributed by atoms with E-state index in [4.69, 9.17) is 0 Å². The highest BCUT2D eigenvalue weighted by atomic mass is 16.4. The molecule has 1 aromatic rings. The molecule has 4 nitrogen and oxygen atoms in total. The van der Waals surface area contributed by atoms with Crippen LogP contribution in [0.3, 0.4) is 0 Å². The highest BCUT2D eigenvalue weighted by molar-refractivity contribution is 6.03. The quantitative estimate of drug-likeness (QED) is 0.229. The zero-order valence-electron chi connectivity index (χ0n) is 20.0. The van der Waals surface area contributed by atoms with Crippen LogP contribution in [-0.4, -0.2) is 22.2 Å². The number of carboxylic acid groups (broad SMARTS) is 2. The van der Waals surface area contributed by atoms with Gasteiger partial charge in [-0.2, -0.15) is 0 Å². The maximum atomic E-state index is 11.8. The summed E-state index contributed by atoms with van der Waals surface area (Å²) in [6.45, 7) is 6.26. The molecule has 0 saturated heterocycles. The summed E-state index contributed by atoms with van der Waals surface area (Å²) in [7, 11) is 0. The summed E-state index contributed by atoms with van der Waals surface area (Å²) in [4.78, 5) is 23.4. The fourth-order valence-corrected chi connectivity index (χ4v) is 4.39. The number of aromatic carboxylic acids is 2. The van der Waals surface area contributed by atoms with E-state index in [2.05, 4.69) is 6.92 Å². The molecule has 0 fully saturated rings. The second kappa shape index (κ2) is 15.9. The summed E-state index contributed by atoms with van der Waals surface area (Å²) in [6.07, 6.45) is 18.5. The molecule has 176 valence electrons. The Morgan fingerprint density at radius 3 is 1.65 bits per heavy atom. The van der Waals surface area contributed by atoms with E-state index in [0.717, 1.165) is 31.2 Å². The minimum Gasteiger partial charge on any atom is -0.478 e. The maximum Gasteiger partial charge on any atom is 0.336 e. The number of benzene rings is 1. The van der Waals surface area contributed by atoms with Crippen LogP contribution in [-0.2, 0) is 6.42 Å². The van der Waals surface area contributed by atoms with Crippen molar-refractivity contribution in [2.24, 2.45) is 0 Å². The number of carboxylic acids is 2. The van der Waals surface area contributed by atoms with E-state index in [9.17, 15) is 19.8 Å². The van der Waals surface area contributed by atoms with Gasteiger partial charge < -0.3 is 10.2 Å². The number of unbranched alkanes of at least 4 members (excludes halogenated alkanes) is 12. The van der Waals surface area contributed by atoms with Gasteiger partial charge in [-0.1, -0.05) is 104 Å². The van der Waals surface area contributed by atoms with Crippen molar-refractivity contribution in [3.8, 4) is 0 Å². The van der Waals surface area contributed by atoms with Crippen LogP contribution in [0.15, 0.2) is 12.1 Å². The Kier molecular flexibility index (Phi) is 13.9. The standard InChI is InChI=1S/C27H44O4/c1-4-6-7-8-9-10-11-12-13-14-15-16-17-18-22-19-20-23(26(28)29)25(27(30)31)24(22)21(3)5-2/h19-21H,4-18H2,1-3H3,(H,28,29)(H,30,31). The van der Waals surface area contributed by atoms with Crippen molar-refractivity contribution in [1.82, 2.24) is 0 Å². The average molecular weight is 433 g/mol. The van der Waals surface area contributed by atoms with Gasteiger partial charge in [-0.15, -0.1) is 0 Å². The molecular formula is C27H44O4. The van der Waals surface area contributed by atoms with Crippen molar-refractivity contribution in [2.75, 3.05) is 0 Å². The topological polar surface area (TPSA) is 74.6 Å². The molecule has 2 N–H and O–H groups in total. The molecule has 1 aromatic carbocycles. The first-order chi connectivity index (χ1) is 14.9. The van der Waals surface area contributed by atoms with Crippen molar-refractivity contribution < 1.29 is 19.8 Å². The SMILES string of the molecule is CCCCCCCCCCCCCCCc1ccc(C(=O)O)c(C(=O)O)c1C(C)CC. The molecule has 0 bridgehead atoms. The smallest absolute Gasteiger partial charge is 0.336 e. The van der Waals surface area contributed by atoms with Crippen LogP contribution < -0.4 is 0 Å². The molecule has 0 aliphatic heterocycles. The van der Waals surface area contributed by atoms with E-state index >= 15 is 0 Å². The highest BCUT2D eigenvalue weighted by Crippen LogP contribution is 2.31. The summed E-state index contributed by atoms with van der Waals surface area (Å²) < 4.78 is 0. The molecule has 1 atom stereocenters. The Bertz CT molecular complexity index is 665. The largest absolute Gasteiger partial charge is 0.478 e. The van der Waals surface area contributed by atoms with Crippen molar-refractivity contribution in [1.29, 1.82) is 0 Å². The fourth-order valence-electron chi connectivity index (χ4n) is 4.39. The van der Waals surface area contributed by atoms with Gasteiger partial charge in [-0.3, -0.25) is 0 Å². The van der Waals surface area contributed by atoms with E-state index in [0.29, 0.717) is 5.56 Å². The predicted molar refractivity (Wildman–Crippen MR) is 128 cm³/mol. The van der Waals surface area contributed by atoms with Crippen LogP contribution >= 0.6 is 0 Å². The van der Waals surface area contributed by atoms with Crippen molar-refractivity contribution >= 4 is 11.9 Å². The zero-order valence-corrected chi connectivity index (χ0v) is 20.0. The van der Waals surface area contributed by atoms with Crippen LogP contribution in [0.25, 0.3) is 0 Å². The molecular weight excluding hydrogens is 388 g/mol. The lowest BCUT2D eigenvalue weighted by molar-refractivity contribution is 0.0650. The summed E-state index contributed by atoms with van der Waals surface area (Å²) in [5, 5.41) is 19.1. The van der Waals surface area contributed by atoms with E-state index in [1.165, 1.54) is 76.7 Å². The maximum absolute atomic E-state index is 11.8. The third kappa shape index (κ3) is 9.88. The lowest BCUT2D eigenvalue weighted by Crippen LogP contribution is -2.15. The van der Waals surface area contributed by atoms with Crippen molar-refractivity contribution in [3.05, 3.63) is 34.4 Å². The van der Waals surface area contributed by atoms with Gasteiger partial charge >= 0.3 is 11.9 Å². The molecule has 31 heavy (non-hydrogen) atoms. The first-order valence-electron chi connectivity index (χ1n) is 12.6. The average Bonchev–Trinajstić information content (AvgIpc) is 2.75. The van der Waals surface area contributed by atoms with Gasteiger partial charge in [0.1, 0.15) is 0 Å². The van der Waals surface area contributed by atoms with Gasteiger partial charge in [-0.25, -0.2) is 9.59 Å². The van der Waals surface area contributed by atoms with Crippen LogP contribution in [0.5, 0.6) is 0 Å². The second-order valence-corrected chi connectivity index (χ2v) is 8.97. The number of hydrogen-bond acceptors (Lipinski definition) is 2. The van der Waals surface area contributed by atoms with Gasteiger partial charge in [0.25, 0.3) is 0 Å². The monoisotopic (exact) mass is 432 g/mol. The zero-order chi connectivity index (χ0) is 23.1. The van der Waals surface area contributed by atoms with Gasteiger partial charge in [0, 0.05) is 0 Å². The molecule has 0 aliphatic rings. The van der Waals surface area contributed by atoms with Crippen molar-refractivity contribution in [3.63, 3.8) is 0 Å². The Morgan fingerprint density at radius 1 is 0.742 bits per heavy atom. The molecule has 0 aromatic heterocycles. The molecule has 4 heteroatoms. The van der Waals surface area contributed by atoms with Gasteiger partial charge in [0.05, 0.1) is 11.1 Å². The van der Waals surface area contributed by atoms with Gasteiger partial charge in [-0.05, 0) is 42.4 Å². The van der Waals surface area contributed by atoms with E-state index in [1.54, 1.807) is 0 Å². The number of hydrogen-bond donors (Lipinski definition) is 2. The highest BCUT2D eigenvalue weighted by Gasteiger charge is 2.25. The molecule has 0 saturated carbocycles. The summed E-state index contributed by atoms with van der Waals surface area (Å²) >= 11 is 0.